The van der Waals surface area contributed by atoms with Crippen LogP contribution in [0.5, 0.6) is 11.5 Å². The summed E-state index contributed by atoms with van der Waals surface area (Å²) in [5.41, 5.74) is 4.27. The van der Waals surface area contributed by atoms with Gasteiger partial charge in [-0.3, -0.25) is 14.6 Å². The van der Waals surface area contributed by atoms with Crippen LogP contribution in [0.2, 0.25) is 0 Å². The molecule has 1 aromatic carbocycles. The van der Waals surface area contributed by atoms with Crippen LogP contribution < -0.4 is 9.47 Å². The Hall–Kier alpha value is -2.31. The molecular weight excluding hydrogens is 414 g/mol. The van der Waals surface area contributed by atoms with Crippen LogP contribution in [0.3, 0.4) is 0 Å². The smallest absolute Gasteiger partial charge is 0.178 e. The highest BCUT2D eigenvalue weighted by Gasteiger charge is 2.27. The summed E-state index contributed by atoms with van der Waals surface area (Å²) in [5, 5.41) is 0. The largest absolute Gasteiger partial charge is 0.493 e. The first kappa shape index (κ1) is 23.8. The molecule has 0 unspecified atom stereocenters. The van der Waals surface area contributed by atoms with Gasteiger partial charge < -0.3 is 14.0 Å². The summed E-state index contributed by atoms with van der Waals surface area (Å²) in [6.07, 6.45) is 6.34. The molecule has 2 fully saturated rings. The zero-order valence-corrected chi connectivity index (χ0v) is 20.7. The van der Waals surface area contributed by atoms with Gasteiger partial charge in [-0.25, -0.2) is 0 Å². The normalized spacial score (nSPS) is 18.1. The van der Waals surface area contributed by atoms with Crippen LogP contribution in [0.4, 0.5) is 0 Å². The van der Waals surface area contributed by atoms with E-state index in [9.17, 15) is 4.79 Å². The summed E-state index contributed by atoms with van der Waals surface area (Å²) in [6.45, 7) is 9.73. The molecule has 0 N–H and O–H groups in total. The molecule has 1 aromatic heterocycles. The topological polar surface area (TPSA) is 46.9 Å². The van der Waals surface area contributed by atoms with Crippen molar-refractivity contribution < 1.29 is 14.3 Å². The first-order valence-electron chi connectivity index (χ1n) is 12.4. The standard InChI is InChI=1S/C27H39N3O3/c1-20-17-24(25(31)19-28-13-15-29(16-14-28)23-7-5-6-8-23)21(2)30(20)12-11-22-9-10-26(32-3)27(18-22)33-4/h9-10,17-18,23H,5-8,11-16,19H2,1-4H3. The van der Waals surface area contributed by atoms with E-state index < -0.39 is 0 Å². The van der Waals surface area contributed by atoms with E-state index in [1.165, 1.54) is 31.2 Å². The van der Waals surface area contributed by atoms with Crippen LogP contribution in [0, 0.1) is 13.8 Å². The van der Waals surface area contributed by atoms with Gasteiger partial charge in [0.1, 0.15) is 0 Å². The molecule has 0 bridgehead atoms. The number of hydrogen-bond acceptors (Lipinski definition) is 5. The van der Waals surface area contributed by atoms with Gasteiger partial charge in [0, 0.05) is 55.7 Å². The van der Waals surface area contributed by atoms with Gasteiger partial charge >= 0.3 is 0 Å². The van der Waals surface area contributed by atoms with Gasteiger partial charge in [0.25, 0.3) is 0 Å². The maximum absolute atomic E-state index is 13.2. The third-order valence-electron chi connectivity index (χ3n) is 7.56. The van der Waals surface area contributed by atoms with E-state index in [4.69, 9.17) is 9.47 Å². The van der Waals surface area contributed by atoms with E-state index >= 15 is 0 Å². The molecule has 0 atom stereocenters. The van der Waals surface area contributed by atoms with Gasteiger partial charge in [0.2, 0.25) is 0 Å². The summed E-state index contributed by atoms with van der Waals surface area (Å²) in [7, 11) is 3.31. The van der Waals surface area contributed by atoms with Crippen molar-refractivity contribution in [2.45, 2.75) is 58.5 Å². The van der Waals surface area contributed by atoms with Gasteiger partial charge in [0.05, 0.1) is 20.8 Å². The zero-order valence-electron chi connectivity index (χ0n) is 20.7. The number of piperazine rings is 1. The number of aryl methyl sites for hydroxylation is 2. The van der Waals surface area contributed by atoms with Crippen molar-refractivity contribution in [2.75, 3.05) is 46.9 Å². The van der Waals surface area contributed by atoms with Gasteiger partial charge in [-0.2, -0.15) is 0 Å². The number of rotatable bonds is 9. The number of benzene rings is 1. The number of Topliss-reactive ketones (excluding diaryl/α,β-unsaturated/α-hetero) is 1. The third-order valence-corrected chi connectivity index (χ3v) is 7.56. The van der Waals surface area contributed by atoms with Crippen molar-refractivity contribution in [3.05, 3.63) is 46.8 Å². The number of methoxy groups -OCH3 is 2. The fraction of sp³-hybridized carbons (Fsp3) is 0.593. The van der Waals surface area contributed by atoms with Crippen LogP contribution in [0.15, 0.2) is 24.3 Å². The molecule has 4 rings (SSSR count). The second-order valence-electron chi connectivity index (χ2n) is 9.55. The van der Waals surface area contributed by atoms with E-state index in [-0.39, 0.29) is 5.78 Å². The Morgan fingerprint density at radius 3 is 2.33 bits per heavy atom. The van der Waals surface area contributed by atoms with E-state index in [0.29, 0.717) is 6.54 Å². The molecule has 6 nitrogen and oxygen atoms in total. The zero-order chi connectivity index (χ0) is 23.4. The summed E-state index contributed by atoms with van der Waals surface area (Å²) >= 11 is 0. The molecule has 6 heteroatoms. The van der Waals surface area contributed by atoms with E-state index in [1.807, 2.05) is 12.1 Å². The number of hydrogen-bond donors (Lipinski definition) is 0. The van der Waals surface area contributed by atoms with E-state index in [1.54, 1.807) is 14.2 Å². The SMILES string of the molecule is COc1ccc(CCn2c(C)cc(C(=O)CN3CCN(C4CCCC4)CC3)c2C)cc1OC. The molecule has 180 valence electrons. The van der Waals surface area contributed by atoms with E-state index in [2.05, 4.69) is 40.3 Å². The van der Waals surface area contributed by atoms with Gasteiger partial charge in [-0.05, 0) is 56.9 Å². The fourth-order valence-corrected chi connectivity index (χ4v) is 5.55. The molecule has 1 aliphatic carbocycles. The Morgan fingerprint density at radius 2 is 1.67 bits per heavy atom. The molecule has 1 aliphatic heterocycles. The molecule has 2 aromatic rings. The second kappa shape index (κ2) is 10.7. The van der Waals surface area contributed by atoms with Crippen molar-refractivity contribution in [1.29, 1.82) is 0 Å². The van der Waals surface area contributed by atoms with Gasteiger partial charge in [-0.15, -0.1) is 0 Å². The molecule has 33 heavy (non-hydrogen) atoms. The van der Waals surface area contributed by atoms with Crippen LogP contribution >= 0.6 is 0 Å². The lowest BCUT2D eigenvalue weighted by molar-refractivity contribution is 0.0774. The summed E-state index contributed by atoms with van der Waals surface area (Å²) in [5.74, 6) is 1.74. The molecule has 2 heterocycles. The lowest BCUT2D eigenvalue weighted by Gasteiger charge is -2.37. The van der Waals surface area contributed by atoms with Crippen LogP contribution in [0.25, 0.3) is 0 Å². The number of carbonyl (C=O) groups is 1. The monoisotopic (exact) mass is 453 g/mol. The molecule has 0 spiro atoms. The highest BCUT2D eigenvalue weighted by atomic mass is 16.5. The first-order chi connectivity index (χ1) is 16.0. The number of carbonyl (C=O) groups excluding carboxylic acids is 1. The maximum atomic E-state index is 13.2. The Labute approximate surface area is 198 Å². The second-order valence-corrected chi connectivity index (χ2v) is 9.55. The first-order valence-corrected chi connectivity index (χ1v) is 12.4. The van der Waals surface area contributed by atoms with Crippen molar-refractivity contribution in [3.8, 4) is 11.5 Å². The molecular formula is C27H39N3O3. The van der Waals surface area contributed by atoms with Gasteiger partial charge in [-0.1, -0.05) is 18.9 Å². The van der Waals surface area contributed by atoms with E-state index in [0.717, 1.165) is 73.6 Å². The molecule has 2 aliphatic rings. The predicted octanol–water partition coefficient (Wildman–Crippen LogP) is 4.11. The minimum atomic E-state index is 0.245. The quantitative estimate of drug-likeness (QED) is 0.535. The third kappa shape index (κ3) is 5.44. The number of ether oxygens (including phenoxy) is 2. The summed E-state index contributed by atoms with van der Waals surface area (Å²) in [6, 6.07) is 8.91. The fourth-order valence-electron chi connectivity index (χ4n) is 5.55. The highest BCUT2D eigenvalue weighted by Crippen LogP contribution is 2.28. The van der Waals surface area contributed by atoms with Gasteiger partial charge in [0.15, 0.2) is 17.3 Å². The molecule has 1 saturated carbocycles. The van der Waals surface area contributed by atoms with Crippen LogP contribution in [-0.2, 0) is 13.0 Å². The maximum Gasteiger partial charge on any atom is 0.178 e. The average Bonchev–Trinajstić information content (AvgIpc) is 3.46. The lowest BCUT2D eigenvalue weighted by atomic mass is 10.1. The minimum absolute atomic E-state index is 0.245. The number of aromatic nitrogens is 1. The van der Waals surface area contributed by atoms with Crippen molar-refractivity contribution in [2.24, 2.45) is 0 Å². The van der Waals surface area contributed by atoms with Crippen molar-refractivity contribution in [1.82, 2.24) is 14.4 Å². The van der Waals surface area contributed by atoms with Crippen molar-refractivity contribution >= 4 is 5.78 Å². The molecule has 1 saturated heterocycles. The molecule has 0 amide bonds. The Morgan fingerprint density at radius 1 is 0.970 bits per heavy atom. The Bertz CT molecular complexity index is 954. The predicted molar refractivity (Wildman–Crippen MR) is 132 cm³/mol. The minimum Gasteiger partial charge on any atom is -0.493 e. The number of nitrogens with zero attached hydrogens (tertiary/aromatic N) is 3. The van der Waals surface area contributed by atoms with Crippen molar-refractivity contribution in [3.63, 3.8) is 0 Å². The van der Waals surface area contributed by atoms with Crippen LogP contribution in [0.1, 0.15) is 53.0 Å². The average molecular weight is 454 g/mol. The summed E-state index contributed by atoms with van der Waals surface area (Å²) in [4.78, 5) is 18.1. The molecule has 0 radical (unpaired) electrons. The Kier molecular flexibility index (Phi) is 7.76. The number of ketones is 1. The summed E-state index contributed by atoms with van der Waals surface area (Å²) < 4.78 is 13.0. The van der Waals surface area contributed by atoms with Crippen LogP contribution in [-0.4, -0.2) is 73.1 Å². The lowest BCUT2D eigenvalue weighted by Crippen LogP contribution is -2.50. The Balaban J connectivity index is 1.34. The highest BCUT2D eigenvalue weighted by molar-refractivity contribution is 5.99.